The van der Waals surface area contributed by atoms with Crippen LogP contribution in [0.2, 0.25) is 0 Å². The number of nitrogen functional groups attached to an aromatic ring is 1. The zero-order valence-corrected chi connectivity index (χ0v) is 17.1. The van der Waals surface area contributed by atoms with Gasteiger partial charge in [0.2, 0.25) is 10.0 Å². The van der Waals surface area contributed by atoms with Gasteiger partial charge in [0.1, 0.15) is 17.2 Å². The first-order chi connectivity index (χ1) is 14.3. The van der Waals surface area contributed by atoms with Gasteiger partial charge >= 0.3 is 0 Å². The highest BCUT2D eigenvalue weighted by molar-refractivity contribution is 7.89. The van der Waals surface area contributed by atoms with E-state index in [1.807, 2.05) is 24.3 Å². The smallest absolute Gasteiger partial charge is 0.241 e. The molecule has 4 rings (SSSR count). The van der Waals surface area contributed by atoms with Crippen molar-refractivity contribution in [1.82, 2.24) is 14.7 Å². The van der Waals surface area contributed by atoms with E-state index >= 15 is 0 Å². The van der Waals surface area contributed by atoms with Crippen LogP contribution in [0.4, 0.5) is 0 Å². The molecular formula is C22H21N5O2S. The molecule has 0 aliphatic heterocycles. The minimum absolute atomic E-state index is 0.0585. The Bertz CT molecular complexity index is 1280. The van der Waals surface area contributed by atoms with Crippen molar-refractivity contribution < 1.29 is 8.42 Å². The van der Waals surface area contributed by atoms with Crippen molar-refractivity contribution >= 4 is 26.9 Å². The third-order valence-electron chi connectivity index (χ3n) is 5.03. The summed E-state index contributed by atoms with van der Waals surface area (Å²) < 4.78 is 29.2. The SMILES string of the molecule is CC(NS(=O)(=O)c1ccccc1)(c1ccc(C(=N)N)cc1)c1nc2ccccc2[nH]1. The van der Waals surface area contributed by atoms with Crippen LogP contribution >= 0.6 is 0 Å². The minimum atomic E-state index is -3.86. The Morgan fingerprint density at radius 1 is 1.00 bits per heavy atom. The fourth-order valence-corrected chi connectivity index (χ4v) is 4.73. The Labute approximate surface area is 174 Å². The van der Waals surface area contributed by atoms with Crippen LogP contribution in [-0.2, 0) is 15.6 Å². The maximum absolute atomic E-state index is 13.2. The number of benzene rings is 3. The second-order valence-corrected chi connectivity index (χ2v) is 8.82. The Kier molecular flexibility index (Phi) is 4.89. The number of H-pyrrole nitrogens is 1. The van der Waals surface area contributed by atoms with Crippen LogP contribution in [0.3, 0.4) is 0 Å². The van der Waals surface area contributed by atoms with Gasteiger partial charge in [0.05, 0.1) is 15.9 Å². The highest BCUT2D eigenvalue weighted by Crippen LogP contribution is 2.31. The summed E-state index contributed by atoms with van der Waals surface area (Å²) in [7, 11) is -3.86. The van der Waals surface area contributed by atoms with Crippen LogP contribution in [0.5, 0.6) is 0 Å². The van der Waals surface area contributed by atoms with E-state index < -0.39 is 15.6 Å². The van der Waals surface area contributed by atoms with Crippen LogP contribution in [0, 0.1) is 5.41 Å². The number of imidazole rings is 1. The number of rotatable bonds is 6. The molecule has 1 aromatic heterocycles. The number of amidine groups is 1. The molecule has 5 N–H and O–H groups in total. The predicted octanol–water partition coefficient (Wildman–Crippen LogP) is 3.09. The highest BCUT2D eigenvalue weighted by Gasteiger charge is 2.37. The second kappa shape index (κ2) is 7.40. The zero-order valence-electron chi connectivity index (χ0n) is 16.3. The number of nitrogens with zero attached hydrogens (tertiary/aromatic N) is 1. The number of nitrogens with one attached hydrogen (secondary N) is 3. The summed E-state index contributed by atoms with van der Waals surface area (Å²) in [6.07, 6.45) is 0. The highest BCUT2D eigenvalue weighted by atomic mass is 32.2. The Morgan fingerprint density at radius 3 is 2.27 bits per heavy atom. The van der Waals surface area contributed by atoms with Gasteiger partial charge < -0.3 is 10.7 Å². The van der Waals surface area contributed by atoms with E-state index in [0.29, 0.717) is 17.0 Å². The van der Waals surface area contributed by atoms with E-state index in [0.717, 1.165) is 11.0 Å². The number of sulfonamides is 1. The van der Waals surface area contributed by atoms with Crippen LogP contribution in [0.15, 0.2) is 83.8 Å². The second-order valence-electron chi connectivity index (χ2n) is 7.14. The first kappa shape index (κ1) is 19.8. The van der Waals surface area contributed by atoms with E-state index in [9.17, 15) is 8.42 Å². The number of aromatic amines is 1. The number of aromatic nitrogens is 2. The number of para-hydroxylation sites is 2. The van der Waals surface area contributed by atoms with Crippen LogP contribution in [0.1, 0.15) is 23.9 Å². The summed E-state index contributed by atoms with van der Waals surface area (Å²) in [5.41, 5.74) is 7.12. The molecule has 0 aliphatic rings. The molecule has 0 aliphatic carbocycles. The van der Waals surface area contributed by atoms with Crippen molar-refractivity contribution in [3.8, 4) is 0 Å². The number of nitrogens with two attached hydrogens (primary N) is 1. The first-order valence-electron chi connectivity index (χ1n) is 9.29. The molecule has 0 radical (unpaired) electrons. The summed E-state index contributed by atoms with van der Waals surface area (Å²) in [6.45, 7) is 1.76. The molecule has 8 heteroatoms. The zero-order chi connectivity index (χ0) is 21.4. The molecule has 1 unspecified atom stereocenters. The largest absolute Gasteiger partial charge is 0.384 e. The molecule has 152 valence electrons. The van der Waals surface area contributed by atoms with Crippen LogP contribution in [-0.4, -0.2) is 24.2 Å². The summed E-state index contributed by atoms with van der Waals surface area (Å²) in [5.74, 6) is 0.399. The Morgan fingerprint density at radius 2 is 1.63 bits per heavy atom. The Hall–Kier alpha value is -3.49. The number of hydrogen-bond donors (Lipinski definition) is 4. The summed E-state index contributed by atoms with van der Waals surface area (Å²) >= 11 is 0. The molecule has 0 spiro atoms. The van der Waals surface area contributed by atoms with Crippen LogP contribution < -0.4 is 10.5 Å². The van der Waals surface area contributed by atoms with Gasteiger partial charge in [-0.2, -0.15) is 4.72 Å². The van der Waals surface area contributed by atoms with Gasteiger partial charge in [-0.05, 0) is 36.8 Å². The molecule has 0 saturated heterocycles. The lowest BCUT2D eigenvalue weighted by Gasteiger charge is -2.29. The van der Waals surface area contributed by atoms with E-state index in [4.69, 9.17) is 11.1 Å². The number of fused-ring (bicyclic) bond motifs is 1. The molecule has 1 atom stereocenters. The maximum Gasteiger partial charge on any atom is 0.241 e. The molecule has 7 nitrogen and oxygen atoms in total. The third kappa shape index (κ3) is 3.58. The average Bonchev–Trinajstić information content (AvgIpc) is 3.19. The summed E-state index contributed by atoms with van der Waals surface area (Å²) in [6, 6.07) is 22.6. The summed E-state index contributed by atoms with van der Waals surface area (Å²) in [4.78, 5) is 8.05. The fourth-order valence-electron chi connectivity index (χ4n) is 3.34. The minimum Gasteiger partial charge on any atom is -0.384 e. The molecule has 3 aromatic carbocycles. The third-order valence-corrected chi connectivity index (χ3v) is 6.60. The average molecular weight is 420 g/mol. The molecule has 0 amide bonds. The number of hydrogen-bond acceptors (Lipinski definition) is 4. The van der Waals surface area contributed by atoms with Gasteiger partial charge in [0.25, 0.3) is 0 Å². The van der Waals surface area contributed by atoms with Crippen molar-refractivity contribution in [3.05, 3.63) is 95.8 Å². The van der Waals surface area contributed by atoms with Crippen molar-refractivity contribution in [1.29, 1.82) is 5.41 Å². The van der Waals surface area contributed by atoms with Gasteiger partial charge in [-0.25, -0.2) is 13.4 Å². The quantitative estimate of drug-likeness (QED) is 0.283. The van der Waals surface area contributed by atoms with Crippen molar-refractivity contribution in [2.24, 2.45) is 5.73 Å². The molecular weight excluding hydrogens is 398 g/mol. The van der Waals surface area contributed by atoms with Crippen molar-refractivity contribution in [2.45, 2.75) is 17.4 Å². The molecule has 0 saturated carbocycles. The lowest BCUT2D eigenvalue weighted by atomic mass is 9.91. The topological polar surface area (TPSA) is 125 Å². The van der Waals surface area contributed by atoms with Crippen LogP contribution in [0.25, 0.3) is 11.0 Å². The van der Waals surface area contributed by atoms with E-state index in [1.165, 1.54) is 0 Å². The van der Waals surface area contributed by atoms with Gasteiger partial charge in [0.15, 0.2) is 0 Å². The molecule has 0 fully saturated rings. The normalized spacial score (nSPS) is 13.8. The molecule has 1 heterocycles. The molecule has 0 bridgehead atoms. The Balaban J connectivity index is 1.87. The van der Waals surface area contributed by atoms with E-state index in [-0.39, 0.29) is 10.7 Å². The van der Waals surface area contributed by atoms with Crippen molar-refractivity contribution in [3.63, 3.8) is 0 Å². The standard InChI is InChI=1S/C22H21N5O2S/c1-22(16-13-11-15(12-14-16)20(23)24,21-25-18-9-5-6-10-19(18)26-21)27-30(28,29)17-7-3-2-4-8-17/h2-14,27H,1H3,(H3,23,24)(H,25,26). The molecule has 4 aromatic rings. The fraction of sp³-hybridized carbons (Fsp3) is 0.0909. The van der Waals surface area contributed by atoms with Gasteiger partial charge in [0, 0.05) is 5.56 Å². The van der Waals surface area contributed by atoms with E-state index in [2.05, 4.69) is 14.7 Å². The lowest BCUT2D eigenvalue weighted by molar-refractivity contribution is 0.483. The van der Waals surface area contributed by atoms with Gasteiger partial charge in [-0.15, -0.1) is 0 Å². The van der Waals surface area contributed by atoms with Gasteiger partial charge in [-0.1, -0.05) is 54.6 Å². The van der Waals surface area contributed by atoms with Crippen molar-refractivity contribution in [2.75, 3.05) is 0 Å². The monoisotopic (exact) mass is 419 g/mol. The molecule has 30 heavy (non-hydrogen) atoms. The lowest BCUT2D eigenvalue weighted by Crippen LogP contribution is -2.45. The first-order valence-corrected chi connectivity index (χ1v) is 10.8. The maximum atomic E-state index is 13.2. The summed E-state index contributed by atoms with van der Waals surface area (Å²) in [5, 5.41) is 7.60. The van der Waals surface area contributed by atoms with E-state index in [1.54, 1.807) is 61.5 Å². The van der Waals surface area contributed by atoms with Gasteiger partial charge in [-0.3, -0.25) is 5.41 Å². The predicted molar refractivity (Wildman–Crippen MR) is 117 cm³/mol.